The summed E-state index contributed by atoms with van der Waals surface area (Å²) in [5, 5.41) is 0. The number of guanidine groups is 1. The molecule has 0 atom stereocenters. The molecule has 0 unspecified atom stereocenters. The van der Waals surface area contributed by atoms with Gasteiger partial charge in [0.25, 0.3) is 0 Å². The van der Waals surface area contributed by atoms with Crippen LogP contribution in [0.1, 0.15) is 6.42 Å². The van der Waals surface area contributed by atoms with Crippen LogP contribution < -0.4 is 5.73 Å². The zero-order valence-electron chi connectivity index (χ0n) is 10.1. The zero-order chi connectivity index (χ0) is 13.4. The van der Waals surface area contributed by atoms with E-state index in [1.807, 2.05) is 4.90 Å². The second kappa shape index (κ2) is 7.42. The van der Waals surface area contributed by atoms with Gasteiger partial charge in [-0.25, -0.2) is 0 Å². The topological polar surface area (TPSA) is 60.1 Å². The average Bonchev–Trinajstić information content (AvgIpc) is 2.33. The Morgan fingerprint density at radius 1 is 1.33 bits per heavy atom. The van der Waals surface area contributed by atoms with Crippen LogP contribution in [0.15, 0.2) is 4.99 Å². The van der Waals surface area contributed by atoms with E-state index in [1.165, 1.54) is 0 Å². The Morgan fingerprint density at radius 2 is 2.00 bits per heavy atom. The summed E-state index contributed by atoms with van der Waals surface area (Å²) in [5.74, 6) is 0.411. The summed E-state index contributed by atoms with van der Waals surface area (Å²) in [6.07, 6.45) is -3.85. The van der Waals surface area contributed by atoms with Crippen molar-refractivity contribution in [2.75, 3.05) is 46.1 Å². The van der Waals surface area contributed by atoms with Crippen molar-refractivity contribution in [1.29, 1.82) is 0 Å². The molecule has 8 heteroatoms. The maximum absolute atomic E-state index is 11.7. The minimum atomic E-state index is -4.27. The number of hydrogen-bond acceptors (Lipinski definition) is 3. The third kappa shape index (κ3) is 6.65. The van der Waals surface area contributed by atoms with Crippen molar-refractivity contribution < 1.29 is 22.6 Å². The van der Waals surface area contributed by atoms with Gasteiger partial charge in [-0.2, -0.15) is 13.2 Å². The van der Waals surface area contributed by atoms with Crippen molar-refractivity contribution >= 4 is 5.96 Å². The predicted octanol–water partition coefficient (Wildman–Crippen LogP) is 0.602. The SMILES string of the molecule is NC(=NCCCOCC(F)(F)F)N1CCOCC1. The number of aliphatic imine (C=N–C) groups is 1. The Kier molecular flexibility index (Phi) is 6.20. The Bertz CT molecular complexity index is 266. The summed E-state index contributed by atoms with van der Waals surface area (Å²) >= 11 is 0. The molecule has 5 nitrogen and oxygen atoms in total. The quantitative estimate of drug-likeness (QED) is 0.451. The van der Waals surface area contributed by atoms with Crippen LogP contribution in [-0.2, 0) is 9.47 Å². The maximum atomic E-state index is 11.7. The Labute approximate surface area is 104 Å². The molecule has 1 aliphatic heterocycles. The lowest BCUT2D eigenvalue weighted by Gasteiger charge is -2.27. The molecule has 0 spiro atoms. The van der Waals surface area contributed by atoms with Gasteiger partial charge in [0, 0.05) is 26.2 Å². The Morgan fingerprint density at radius 3 is 2.61 bits per heavy atom. The third-order valence-corrected chi connectivity index (χ3v) is 2.32. The summed E-state index contributed by atoms with van der Waals surface area (Å²) < 4.78 is 44.9. The smallest absolute Gasteiger partial charge is 0.378 e. The van der Waals surface area contributed by atoms with E-state index < -0.39 is 12.8 Å². The van der Waals surface area contributed by atoms with E-state index in [9.17, 15) is 13.2 Å². The van der Waals surface area contributed by atoms with Crippen LogP contribution in [0.25, 0.3) is 0 Å². The highest BCUT2D eigenvalue weighted by molar-refractivity contribution is 5.78. The Hall–Kier alpha value is -1.02. The standard InChI is InChI=1S/C10H18F3N3O2/c11-10(12,13)8-18-5-1-2-15-9(14)16-3-6-17-7-4-16/h1-8H2,(H2,14,15). The lowest BCUT2D eigenvalue weighted by atomic mass is 10.4. The van der Waals surface area contributed by atoms with Crippen molar-refractivity contribution in [2.24, 2.45) is 10.7 Å². The van der Waals surface area contributed by atoms with Crippen LogP contribution in [0, 0.1) is 0 Å². The van der Waals surface area contributed by atoms with Crippen LogP contribution in [0.2, 0.25) is 0 Å². The molecule has 0 aromatic carbocycles. The first kappa shape index (κ1) is 15.0. The molecular formula is C10H18F3N3O2. The molecule has 0 radical (unpaired) electrons. The van der Waals surface area contributed by atoms with Gasteiger partial charge in [0.1, 0.15) is 6.61 Å². The molecule has 0 aromatic heterocycles. The number of halogens is 3. The first-order valence-electron chi connectivity index (χ1n) is 5.76. The third-order valence-electron chi connectivity index (χ3n) is 2.32. The molecule has 0 aromatic rings. The number of nitrogens with zero attached hydrogens (tertiary/aromatic N) is 2. The summed E-state index contributed by atoms with van der Waals surface area (Å²) in [5.41, 5.74) is 5.73. The van der Waals surface area contributed by atoms with E-state index in [2.05, 4.69) is 9.73 Å². The molecule has 1 fully saturated rings. The zero-order valence-corrected chi connectivity index (χ0v) is 10.1. The first-order valence-corrected chi connectivity index (χ1v) is 5.76. The van der Waals surface area contributed by atoms with Gasteiger partial charge in [-0.3, -0.25) is 4.99 Å². The molecule has 1 heterocycles. The fraction of sp³-hybridized carbons (Fsp3) is 0.900. The average molecular weight is 269 g/mol. The lowest BCUT2D eigenvalue weighted by Crippen LogP contribution is -2.44. The van der Waals surface area contributed by atoms with Gasteiger partial charge in [0.15, 0.2) is 5.96 Å². The van der Waals surface area contributed by atoms with Crippen molar-refractivity contribution in [1.82, 2.24) is 4.90 Å². The summed E-state index contributed by atoms with van der Waals surface area (Å²) in [4.78, 5) is 5.97. The van der Waals surface area contributed by atoms with E-state index in [0.29, 0.717) is 45.2 Å². The van der Waals surface area contributed by atoms with Gasteiger partial charge in [-0.05, 0) is 6.42 Å². The number of alkyl halides is 3. The highest BCUT2D eigenvalue weighted by atomic mass is 19.4. The molecule has 0 aliphatic carbocycles. The minimum Gasteiger partial charge on any atom is -0.378 e. The summed E-state index contributed by atoms with van der Waals surface area (Å²) in [6.45, 7) is 1.80. The first-order chi connectivity index (χ1) is 8.49. The second-order valence-corrected chi connectivity index (χ2v) is 3.86. The molecular weight excluding hydrogens is 251 g/mol. The fourth-order valence-electron chi connectivity index (χ4n) is 1.44. The van der Waals surface area contributed by atoms with Crippen molar-refractivity contribution in [2.45, 2.75) is 12.6 Å². The lowest BCUT2D eigenvalue weighted by molar-refractivity contribution is -0.173. The van der Waals surface area contributed by atoms with E-state index in [4.69, 9.17) is 10.5 Å². The highest BCUT2D eigenvalue weighted by Crippen LogP contribution is 2.14. The normalized spacial score (nSPS) is 18.2. The van der Waals surface area contributed by atoms with Crippen LogP contribution in [0.4, 0.5) is 13.2 Å². The van der Waals surface area contributed by atoms with Crippen LogP contribution >= 0.6 is 0 Å². The molecule has 0 amide bonds. The van der Waals surface area contributed by atoms with Crippen LogP contribution in [0.5, 0.6) is 0 Å². The summed E-state index contributed by atoms with van der Waals surface area (Å²) in [7, 11) is 0. The van der Waals surface area contributed by atoms with Crippen molar-refractivity contribution in [3.05, 3.63) is 0 Å². The molecule has 1 rings (SSSR count). The molecule has 1 aliphatic rings. The second-order valence-electron chi connectivity index (χ2n) is 3.86. The van der Waals surface area contributed by atoms with E-state index in [0.717, 1.165) is 0 Å². The number of morpholine rings is 1. The molecule has 18 heavy (non-hydrogen) atoms. The van der Waals surface area contributed by atoms with E-state index >= 15 is 0 Å². The Balaban J connectivity index is 2.08. The minimum absolute atomic E-state index is 0.0272. The number of hydrogen-bond donors (Lipinski definition) is 1. The van der Waals surface area contributed by atoms with Crippen molar-refractivity contribution in [3.8, 4) is 0 Å². The number of nitrogens with two attached hydrogens (primary N) is 1. The monoisotopic (exact) mass is 269 g/mol. The van der Waals surface area contributed by atoms with Gasteiger partial charge in [0.05, 0.1) is 13.2 Å². The largest absolute Gasteiger partial charge is 0.411 e. The molecule has 0 saturated carbocycles. The van der Waals surface area contributed by atoms with Gasteiger partial charge in [-0.15, -0.1) is 0 Å². The van der Waals surface area contributed by atoms with Crippen LogP contribution in [-0.4, -0.2) is 63.1 Å². The van der Waals surface area contributed by atoms with Gasteiger partial charge in [-0.1, -0.05) is 0 Å². The van der Waals surface area contributed by atoms with Crippen molar-refractivity contribution in [3.63, 3.8) is 0 Å². The van der Waals surface area contributed by atoms with E-state index in [-0.39, 0.29) is 6.61 Å². The van der Waals surface area contributed by atoms with Gasteiger partial charge in [0.2, 0.25) is 0 Å². The fourth-order valence-corrected chi connectivity index (χ4v) is 1.44. The number of rotatable bonds is 5. The van der Waals surface area contributed by atoms with E-state index in [1.54, 1.807) is 0 Å². The van der Waals surface area contributed by atoms with Crippen LogP contribution in [0.3, 0.4) is 0 Å². The maximum Gasteiger partial charge on any atom is 0.411 e. The summed E-state index contributed by atoms with van der Waals surface area (Å²) in [6, 6.07) is 0. The molecule has 1 saturated heterocycles. The highest BCUT2D eigenvalue weighted by Gasteiger charge is 2.27. The molecule has 0 bridgehead atoms. The predicted molar refractivity (Wildman–Crippen MR) is 60.4 cm³/mol. The molecule has 2 N–H and O–H groups in total. The molecule has 106 valence electrons. The number of ether oxygens (including phenoxy) is 2. The van der Waals surface area contributed by atoms with Gasteiger partial charge >= 0.3 is 6.18 Å². The van der Waals surface area contributed by atoms with Gasteiger partial charge < -0.3 is 20.1 Å².